The van der Waals surface area contributed by atoms with Crippen molar-refractivity contribution in [1.82, 2.24) is 5.32 Å². The van der Waals surface area contributed by atoms with Gasteiger partial charge in [0, 0.05) is 22.6 Å². The predicted molar refractivity (Wildman–Crippen MR) is 119 cm³/mol. The summed E-state index contributed by atoms with van der Waals surface area (Å²) in [7, 11) is 0. The van der Waals surface area contributed by atoms with Gasteiger partial charge in [-0.25, -0.2) is 0 Å². The van der Waals surface area contributed by atoms with Gasteiger partial charge >= 0.3 is 0 Å². The molecule has 29 heavy (non-hydrogen) atoms. The summed E-state index contributed by atoms with van der Waals surface area (Å²) in [6.45, 7) is 0. The third-order valence-corrected chi connectivity index (χ3v) is 10.8. The molecule has 3 N–H and O–H groups in total. The summed E-state index contributed by atoms with van der Waals surface area (Å²) in [6.07, 6.45) is 11.7. The van der Waals surface area contributed by atoms with Crippen LogP contribution < -0.4 is 11.1 Å². The van der Waals surface area contributed by atoms with Gasteiger partial charge in [0.25, 0.3) is 0 Å². The van der Waals surface area contributed by atoms with Crippen LogP contribution >= 0.6 is 11.8 Å². The number of thioether (sulfide) groups is 1. The molecular formula is C25H34N2OS. The Morgan fingerprint density at radius 2 is 1.76 bits per heavy atom. The molecule has 6 aliphatic rings. The lowest BCUT2D eigenvalue weighted by Crippen LogP contribution is -2.49. The minimum Gasteiger partial charge on any atom is -0.353 e. The molecule has 4 heteroatoms. The van der Waals surface area contributed by atoms with Crippen molar-refractivity contribution < 1.29 is 4.79 Å². The van der Waals surface area contributed by atoms with E-state index in [-0.39, 0.29) is 10.8 Å². The van der Waals surface area contributed by atoms with E-state index in [1.807, 2.05) is 0 Å². The van der Waals surface area contributed by atoms with Crippen molar-refractivity contribution in [2.75, 3.05) is 0 Å². The van der Waals surface area contributed by atoms with Crippen molar-refractivity contribution in [2.45, 2.75) is 92.2 Å². The lowest BCUT2D eigenvalue weighted by Gasteiger charge is -2.43. The van der Waals surface area contributed by atoms with E-state index in [1.165, 1.54) is 31.2 Å². The fraction of sp³-hybridized carbons (Fsp3) is 0.720. The summed E-state index contributed by atoms with van der Waals surface area (Å²) in [5, 5.41) is 5.13. The molecule has 1 aromatic rings. The number of nitrogens with one attached hydrogen (secondary N) is 1. The highest BCUT2D eigenvalue weighted by Gasteiger charge is 2.71. The molecule has 5 atom stereocenters. The number of benzene rings is 1. The minimum atomic E-state index is -0.120. The summed E-state index contributed by atoms with van der Waals surface area (Å²) in [5.41, 5.74) is 7.70. The average molecular weight is 411 g/mol. The van der Waals surface area contributed by atoms with Crippen LogP contribution in [0.5, 0.6) is 0 Å². The van der Waals surface area contributed by atoms with Crippen LogP contribution in [0, 0.1) is 17.3 Å². The average Bonchev–Trinajstić information content (AvgIpc) is 3.49. The number of hydrogen-bond acceptors (Lipinski definition) is 3. The lowest BCUT2D eigenvalue weighted by molar-refractivity contribution is -0.134. The van der Waals surface area contributed by atoms with Crippen LogP contribution in [0.25, 0.3) is 0 Å². The summed E-state index contributed by atoms with van der Waals surface area (Å²) >= 11 is 2.26. The van der Waals surface area contributed by atoms with Crippen LogP contribution in [-0.2, 0) is 10.2 Å². The minimum absolute atomic E-state index is 0.120. The first-order chi connectivity index (χ1) is 14.1. The topological polar surface area (TPSA) is 55.1 Å². The van der Waals surface area contributed by atoms with Crippen molar-refractivity contribution in [1.29, 1.82) is 0 Å². The summed E-state index contributed by atoms with van der Waals surface area (Å²) in [4.78, 5) is 13.8. The van der Waals surface area contributed by atoms with Crippen molar-refractivity contribution in [2.24, 2.45) is 23.0 Å². The van der Waals surface area contributed by atoms with Crippen LogP contribution in [0.3, 0.4) is 0 Å². The van der Waals surface area contributed by atoms with E-state index >= 15 is 0 Å². The van der Waals surface area contributed by atoms with Gasteiger partial charge in [-0.1, -0.05) is 30.3 Å². The Bertz CT molecular complexity index is 787. The molecule has 1 amide bonds. The van der Waals surface area contributed by atoms with E-state index in [0.717, 1.165) is 49.7 Å². The Morgan fingerprint density at radius 1 is 1.00 bits per heavy atom. The Balaban J connectivity index is 1.29. The van der Waals surface area contributed by atoms with Crippen LogP contribution in [0.15, 0.2) is 30.3 Å². The molecule has 1 aromatic carbocycles. The van der Waals surface area contributed by atoms with Crippen molar-refractivity contribution in [3.63, 3.8) is 0 Å². The normalized spacial score (nSPS) is 45.5. The van der Waals surface area contributed by atoms with Gasteiger partial charge in [0.05, 0.1) is 5.41 Å². The Kier molecular flexibility index (Phi) is 4.36. The zero-order valence-corrected chi connectivity index (χ0v) is 18.1. The molecule has 5 unspecified atom stereocenters. The number of carbonyl (C=O) groups excluding carboxylic acids is 1. The van der Waals surface area contributed by atoms with Gasteiger partial charge in [-0.2, -0.15) is 11.8 Å². The summed E-state index contributed by atoms with van der Waals surface area (Å²) < 4.78 is 0. The van der Waals surface area contributed by atoms with Crippen molar-refractivity contribution in [3.05, 3.63) is 35.9 Å². The van der Waals surface area contributed by atoms with Crippen molar-refractivity contribution >= 4 is 17.7 Å². The van der Waals surface area contributed by atoms with Gasteiger partial charge in [-0.15, -0.1) is 0 Å². The lowest BCUT2D eigenvalue weighted by atomic mass is 9.63. The first-order valence-corrected chi connectivity index (χ1v) is 12.8. The quantitative estimate of drug-likeness (QED) is 0.757. The second kappa shape index (κ2) is 6.75. The Morgan fingerprint density at radius 3 is 2.48 bits per heavy atom. The van der Waals surface area contributed by atoms with Crippen LogP contribution in [0.1, 0.15) is 69.8 Å². The molecule has 0 aliphatic heterocycles. The summed E-state index contributed by atoms with van der Waals surface area (Å²) in [5.74, 6) is 1.68. The third-order valence-electron chi connectivity index (χ3n) is 8.93. The van der Waals surface area contributed by atoms with Crippen LogP contribution in [-0.4, -0.2) is 28.5 Å². The van der Waals surface area contributed by atoms with Crippen molar-refractivity contribution in [3.8, 4) is 0 Å². The standard InChI is InChI=1S/C25H34N2OS/c26-18-6-8-19(9-7-18)27-23(28)25-13-16-12-24(15-25,17-4-2-1-3-5-17)14-21(25)22(16)29-20-10-11-20/h1-5,16,18-22H,6-15,26H2,(H,27,28). The van der Waals surface area contributed by atoms with Gasteiger partial charge in [0.2, 0.25) is 5.91 Å². The maximum Gasteiger partial charge on any atom is 0.226 e. The predicted octanol–water partition coefficient (Wildman–Crippen LogP) is 4.39. The molecule has 0 radical (unpaired) electrons. The molecule has 156 valence electrons. The SMILES string of the molecule is NC1CCC(NC(=O)C23CC4CC(c5ccccc5)(CC2C4SC2CC2)C3)CC1. The van der Waals surface area contributed by atoms with Gasteiger partial charge in [0.1, 0.15) is 0 Å². The fourth-order valence-electron chi connectivity index (χ4n) is 7.53. The third kappa shape index (κ3) is 3.00. The number of hydrogen-bond donors (Lipinski definition) is 2. The zero-order chi connectivity index (χ0) is 19.6. The molecule has 0 saturated heterocycles. The number of amides is 1. The first kappa shape index (κ1) is 18.7. The van der Waals surface area contributed by atoms with E-state index in [0.29, 0.717) is 29.2 Å². The molecule has 0 spiro atoms. The van der Waals surface area contributed by atoms with E-state index in [1.54, 1.807) is 0 Å². The highest BCUT2D eigenvalue weighted by Crippen LogP contribution is 2.73. The smallest absolute Gasteiger partial charge is 0.226 e. The van der Waals surface area contributed by atoms with Gasteiger partial charge in [-0.05, 0) is 87.0 Å². The molecule has 6 fully saturated rings. The second-order valence-corrected chi connectivity index (χ2v) is 12.3. The molecular weight excluding hydrogens is 376 g/mol. The zero-order valence-electron chi connectivity index (χ0n) is 17.3. The Labute approximate surface area is 179 Å². The maximum absolute atomic E-state index is 13.8. The number of nitrogens with two attached hydrogens (primary N) is 1. The highest BCUT2D eigenvalue weighted by atomic mass is 32.2. The molecule has 0 aromatic heterocycles. The summed E-state index contributed by atoms with van der Waals surface area (Å²) in [6, 6.07) is 11.8. The van der Waals surface area contributed by atoms with Crippen LogP contribution in [0.2, 0.25) is 0 Å². The monoisotopic (exact) mass is 410 g/mol. The van der Waals surface area contributed by atoms with Gasteiger partial charge < -0.3 is 11.1 Å². The van der Waals surface area contributed by atoms with Gasteiger partial charge in [0.15, 0.2) is 0 Å². The van der Waals surface area contributed by atoms with E-state index in [4.69, 9.17) is 5.73 Å². The molecule has 3 nitrogen and oxygen atoms in total. The van der Waals surface area contributed by atoms with E-state index < -0.39 is 0 Å². The molecule has 6 saturated carbocycles. The molecule has 4 bridgehead atoms. The largest absolute Gasteiger partial charge is 0.353 e. The maximum atomic E-state index is 13.8. The van der Waals surface area contributed by atoms with Crippen LogP contribution in [0.4, 0.5) is 0 Å². The number of carbonyl (C=O) groups is 1. The number of rotatable bonds is 5. The molecule has 6 aliphatic carbocycles. The molecule has 7 rings (SSSR count). The second-order valence-electron chi connectivity index (χ2n) is 10.8. The van der Waals surface area contributed by atoms with Gasteiger partial charge in [-0.3, -0.25) is 4.79 Å². The molecule has 0 heterocycles. The fourth-order valence-corrected chi connectivity index (χ4v) is 9.35. The highest BCUT2D eigenvalue weighted by molar-refractivity contribution is 8.00. The Hall–Kier alpha value is -1.00. The van der Waals surface area contributed by atoms with E-state index in [2.05, 4.69) is 47.4 Å². The van der Waals surface area contributed by atoms with E-state index in [9.17, 15) is 4.79 Å². The first-order valence-electron chi connectivity index (χ1n) is 11.9.